The Labute approximate surface area is 211 Å². The van der Waals surface area contributed by atoms with E-state index in [9.17, 15) is 9.59 Å². The van der Waals surface area contributed by atoms with E-state index in [-0.39, 0.29) is 35.6 Å². The van der Waals surface area contributed by atoms with Crippen LogP contribution in [0.3, 0.4) is 0 Å². The first kappa shape index (κ1) is 24.3. The molecule has 0 radical (unpaired) electrons. The van der Waals surface area contributed by atoms with Crippen molar-refractivity contribution >= 4 is 46.7 Å². The number of benzene rings is 2. The van der Waals surface area contributed by atoms with Crippen LogP contribution in [0.15, 0.2) is 53.1 Å². The van der Waals surface area contributed by atoms with Crippen LogP contribution in [0, 0.1) is 0 Å². The van der Waals surface area contributed by atoms with Gasteiger partial charge in [0.25, 0.3) is 5.91 Å². The highest BCUT2D eigenvalue weighted by atomic mass is 35.5. The van der Waals surface area contributed by atoms with Crippen molar-refractivity contribution in [1.29, 1.82) is 0 Å². The van der Waals surface area contributed by atoms with Gasteiger partial charge in [0.15, 0.2) is 11.6 Å². The second kappa shape index (κ2) is 9.81. The van der Waals surface area contributed by atoms with E-state index in [1.807, 2.05) is 13.8 Å². The fourth-order valence-corrected chi connectivity index (χ4v) is 4.09. The van der Waals surface area contributed by atoms with Crippen LogP contribution < -0.4 is 16.8 Å². The number of rotatable bonds is 7. The van der Waals surface area contributed by atoms with Crippen LogP contribution in [0.25, 0.3) is 22.6 Å². The number of nitrogens with zero attached hydrogens (tertiary/aromatic N) is 3. The number of amides is 2. The van der Waals surface area contributed by atoms with E-state index in [0.717, 1.165) is 5.56 Å². The zero-order valence-electron chi connectivity index (χ0n) is 18.9. The first-order chi connectivity index (χ1) is 16.6. The molecule has 35 heavy (non-hydrogen) atoms. The van der Waals surface area contributed by atoms with Crippen molar-refractivity contribution in [2.75, 3.05) is 11.1 Å². The lowest BCUT2D eigenvalue weighted by molar-refractivity contribution is -0.115. The van der Waals surface area contributed by atoms with E-state index < -0.39 is 5.91 Å². The Kier molecular flexibility index (Phi) is 6.81. The molecule has 4 rings (SSSR count). The summed E-state index contributed by atoms with van der Waals surface area (Å²) in [6.07, 6.45) is 0.0927. The molecule has 0 atom stereocenters. The minimum absolute atomic E-state index is 0.0439. The van der Waals surface area contributed by atoms with Crippen LogP contribution in [-0.2, 0) is 11.2 Å². The zero-order valence-corrected chi connectivity index (χ0v) is 20.4. The Bertz CT molecular complexity index is 1410. The van der Waals surface area contributed by atoms with E-state index >= 15 is 0 Å². The summed E-state index contributed by atoms with van der Waals surface area (Å²) in [5.74, 6) is -0.0615. The molecule has 4 aromatic rings. The van der Waals surface area contributed by atoms with Crippen molar-refractivity contribution in [1.82, 2.24) is 14.9 Å². The Morgan fingerprint density at radius 3 is 2.46 bits per heavy atom. The molecule has 0 fully saturated rings. The van der Waals surface area contributed by atoms with Gasteiger partial charge in [-0.1, -0.05) is 52.6 Å². The smallest absolute Gasteiger partial charge is 0.254 e. The number of nitrogens with two attached hydrogens (primary N) is 2. The van der Waals surface area contributed by atoms with Gasteiger partial charge in [0, 0.05) is 28.3 Å². The summed E-state index contributed by atoms with van der Waals surface area (Å²) in [6.45, 7) is 3.81. The fraction of sp³-hybridized carbons (Fsp3) is 0.167. The number of anilines is 2. The highest BCUT2D eigenvalue weighted by Crippen LogP contribution is 2.32. The van der Waals surface area contributed by atoms with Crippen molar-refractivity contribution in [2.24, 2.45) is 5.73 Å². The third-order valence-electron chi connectivity index (χ3n) is 5.25. The molecule has 2 aromatic heterocycles. The highest BCUT2D eigenvalue weighted by molar-refractivity contribution is 6.36. The monoisotopic (exact) mass is 512 g/mol. The molecule has 0 saturated heterocycles. The maximum absolute atomic E-state index is 12.5. The molecule has 2 heterocycles. The second-order valence-corrected chi connectivity index (χ2v) is 8.98. The summed E-state index contributed by atoms with van der Waals surface area (Å²) in [4.78, 5) is 24.5. The van der Waals surface area contributed by atoms with Crippen LogP contribution in [0.2, 0.25) is 10.0 Å². The summed E-state index contributed by atoms with van der Waals surface area (Å²) in [5, 5.41) is 11.9. The Hall–Kier alpha value is -3.82. The van der Waals surface area contributed by atoms with Crippen LogP contribution in [0.1, 0.15) is 35.8 Å². The molecule has 0 aliphatic heterocycles. The number of primary amides is 1. The lowest BCUT2D eigenvalue weighted by Crippen LogP contribution is -2.15. The second-order valence-electron chi connectivity index (χ2n) is 8.13. The summed E-state index contributed by atoms with van der Waals surface area (Å²) < 4.78 is 6.85. The van der Waals surface area contributed by atoms with E-state index in [1.54, 1.807) is 53.2 Å². The topological polar surface area (TPSA) is 142 Å². The molecule has 0 aliphatic carbocycles. The average molecular weight is 513 g/mol. The lowest BCUT2D eigenvalue weighted by Gasteiger charge is -2.07. The third kappa shape index (κ3) is 5.16. The molecule has 9 nitrogen and oxygen atoms in total. The van der Waals surface area contributed by atoms with Gasteiger partial charge in [-0.05, 0) is 37.6 Å². The quantitative estimate of drug-likeness (QED) is 0.319. The van der Waals surface area contributed by atoms with E-state index in [2.05, 4.69) is 15.6 Å². The number of nitrogens with one attached hydrogen (secondary N) is 1. The predicted octanol–water partition coefficient (Wildman–Crippen LogP) is 4.96. The molecule has 5 N–H and O–H groups in total. The molecule has 11 heteroatoms. The summed E-state index contributed by atoms with van der Waals surface area (Å²) in [7, 11) is 0. The van der Waals surface area contributed by atoms with Gasteiger partial charge in [-0.3, -0.25) is 9.59 Å². The maximum atomic E-state index is 12.5. The lowest BCUT2D eigenvalue weighted by atomic mass is 10.0. The normalized spacial score (nSPS) is 11.1. The fourth-order valence-electron chi connectivity index (χ4n) is 3.59. The van der Waals surface area contributed by atoms with Gasteiger partial charge in [0.05, 0.1) is 11.4 Å². The average Bonchev–Trinajstić information content (AvgIpc) is 3.38. The molecule has 2 aromatic carbocycles. The van der Waals surface area contributed by atoms with E-state index in [4.69, 9.17) is 39.2 Å². The SMILES string of the molecule is CC(C)n1nc(-c2ccc(CC(=O)Nc3cc(-c4ccc(Cl)cc4Cl)on3)cc2)c(C(N)=O)c1N. The number of hydrogen-bond donors (Lipinski definition) is 3. The maximum Gasteiger partial charge on any atom is 0.254 e. The largest absolute Gasteiger partial charge is 0.383 e. The molecule has 0 saturated carbocycles. The number of carbonyl (C=O) groups is 2. The first-order valence-electron chi connectivity index (χ1n) is 10.6. The molecule has 0 spiro atoms. The van der Waals surface area contributed by atoms with E-state index in [0.29, 0.717) is 32.6 Å². The van der Waals surface area contributed by atoms with Gasteiger partial charge >= 0.3 is 0 Å². The van der Waals surface area contributed by atoms with Gasteiger partial charge in [-0.2, -0.15) is 5.10 Å². The summed E-state index contributed by atoms with van der Waals surface area (Å²) in [5.41, 5.74) is 14.2. The number of hydrogen-bond acceptors (Lipinski definition) is 6. The summed E-state index contributed by atoms with van der Waals surface area (Å²) in [6, 6.07) is 13.6. The van der Waals surface area contributed by atoms with Crippen molar-refractivity contribution in [3.05, 3.63) is 69.7 Å². The number of nitrogen functional groups attached to an aromatic ring is 1. The van der Waals surface area contributed by atoms with E-state index in [1.165, 1.54) is 0 Å². The number of aromatic nitrogens is 3. The standard InChI is InChI=1S/C24H22Cl2N6O3/c1-12(2)32-23(27)21(24(28)34)22(30-32)14-5-3-13(4-6-14)9-20(33)29-19-11-18(35-31-19)16-8-7-15(25)10-17(16)26/h3-8,10-12H,9,27H2,1-2H3,(H2,28,34)(H,29,31,33). The van der Waals surface area contributed by atoms with Crippen LogP contribution in [-0.4, -0.2) is 26.8 Å². The van der Waals surface area contributed by atoms with Gasteiger partial charge in [-0.15, -0.1) is 0 Å². The van der Waals surface area contributed by atoms with Crippen LogP contribution in [0.5, 0.6) is 0 Å². The first-order valence-corrected chi connectivity index (χ1v) is 11.4. The van der Waals surface area contributed by atoms with Crippen molar-refractivity contribution in [3.63, 3.8) is 0 Å². The van der Waals surface area contributed by atoms with Crippen molar-refractivity contribution in [3.8, 4) is 22.6 Å². The van der Waals surface area contributed by atoms with Crippen molar-refractivity contribution in [2.45, 2.75) is 26.3 Å². The number of halogens is 2. The Morgan fingerprint density at radius 1 is 1.11 bits per heavy atom. The van der Waals surface area contributed by atoms with Gasteiger partial charge in [0.1, 0.15) is 17.1 Å². The zero-order chi connectivity index (χ0) is 25.3. The van der Waals surface area contributed by atoms with Crippen molar-refractivity contribution < 1.29 is 14.1 Å². The molecule has 180 valence electrons. The molecular weight excluding hydrogens is 491 g/mol. The van der Waals surface area contributed by atoms with Crippen LogP contribution >= 0.6 is 23.2 Å². The third-order valence-corrected chi connectivity index (χ3v) is 5.80. The number of carbonyl (C=O) groups excluding carboxylic acids is 2. The minimum Gasteiger partial charge on any atom is -0.383 e. The Morgan fingerprint density at radius 2 is 1.83 bits per heavy atom. The van der Waals surface area contributed by atoms with Crippen LogP contribution in [0.4, 0.5) is 11.6 Å². The summed E-state index contributed by atoms with van der Waals surface area (Å²) >= 11 is 12.1. The predicted molar refractivity (Wildman–Crippen MR) is 135 cm³/mol. The molecular formula is C24H22Cl2N6O3. The van der Waals surface area contributed by atoms with Gasteiger partial charge in [-0.25, -0.2) is 4.68 Å². The van der Waals surface area contributed by atoms with Gasteiger partial charge in [0.2, 0.25) is 5.91 Å². The molecule has 0 bridgehead atoms. The van der Waals surface area contributed by atoms with Gasteiger partial charge < -0.3 is 21.3 Å². The highest BCUT2D eigenvalue weighted by Gasteiger charge is 2.22. The Balaban J connectivity index is 1.46. The molecule has 2 amide bonds. The molecule has 0 aliphatic rings. The molecule has 0 unspecified atom stereocenters. The minimum atomic E-state index is -0.653.